The van der Waals surface area contributed by atoms with E-state index in [0.717, 1.165) is 6.07 Å². The van der Waals surface area contributed by atoms with E-state index in [4.69, 9.17) is 0 Å². The molecule has 1 amide bonds. The van der Waals surface area contributed by atoms with Crippen molar-refractivity contribution in [2.45, 2.75) is 19.4 Å². The van der Waals surface area contributed by atoms with Crippen LogP contribution in [0.25, 0.3) is 0 Å². The average Bonchev–Trinajstić information content (AvgIpc) is 2.38. The summed E-state index contributed by atoms with van der Waals surface area (Å²) in [5, 5.41) is 2.59. The molecule has 5 heteroatoms. The van der Waals surface area contributed by atoms with Crippen molar-refractivity contribution >= 4 is 5.91 Å². The zero-order valence-corrected chi connectivity index (χ0v) is 11.2. The van der Waals surface area contributed by atoms with E-state index < -0.39 is 23.1 Å². The van der Waals surface area contributed by atoms with Crippen LogP contribution < -0.4 is 5.32 Å². The zero-order chi connectivity index (χ0) is 14.8. The lowest BCUT2D eigenvalue weighted by atomic mass is 9.93. The Bertz CT molecular complexity index is 641. The number of halogens is 2. The van der Waals surface area contributed by atoms with E-state index >= 15 is 0 Å². The van der Waals surface area contributed by atoms with Crippen molar-refractivity contribution in [3.63, 3.8) is 0 Å². The molecule has 0 fully saturated rings. The predicted octanol–water partition coefficient (Wildman–Crippen LogP) is 3.02. The number of hydrogen-bond donors (Lipinski definition) is 1. The molecular formula is C15H14F2N2O. The normalized spacial score (nSPS) is 11.2. The van der Waals surface area contributed by atoms with Crippen LogP contribution in [-0.4, -0.2) is 10.9 Å². The van der Waals surface area contributed by atoms with Crippen LogP contribution in [0.3, 0.4) is 0 Å². The summed E-state index contributed by atoms with van der Waals surface area (Å²) in [5.74, 6) is -1.83. The highest BCUT2D eigenvalue weighted by atomic mass is 19.1. The van der Waals surface area contributed by atoms with Crippen molar-refractivity contribution in [3.05, 3.63) is 65.5 Å². The molecule has 2 aromatic rings. The summed E-state index contributed by atoms with van der Waals surface area (Å²) in [7, 11) is 0. The molecule has 1 aromatic heterocycles. The number of carbonyl (C=O) groups excluding carboxylic acids is 1. The molecule has 0 saturated heterocycles. The van der Waals surface area contributed by atoms with Crippen LogP contribution >= 0.6 is 0 Å². The van der Waals surface area contributed by atoms with Crippen LogP contribution in [0.15, 0.2) is 42.6 Å². The predicted molar refractivity (Wildman–Crippen MR) is 71.1 cm³/mol. The number of benzene rings is 1. The van der Waals surface area contributed by atoms with E-state index in [1.807, 2.05) is 0 Å². The van der Waals surface area contributed by atoms with Gasteiger partial charge in [0.25, 0.3) is 5.91 Å². The minimum Gasteiger partial charge on any atom is -0.342 e. The maximum atomic E-state index is 13.8. The second kappa shape index (κ2) is 5.36. The van der Waals surface area contributed by atoms with Crippen LogP contribution in [0.2, 0.25) is 0 Å². The third-order valence-corrected chi connectivity index (χ3v) is 2.95. The maximum absolute atomic E-state index is 13.8. The smallest absolute Gasteiger partial charge is 0.273 e. The van der Waals surface area contributed by atoms with Crippen molar-refractivity contribution in [1.82, 2.24) is 10.3 Å². The molecule has 0 saturated carbocycles. The van der Waals surface area contributed by atoms with Gasteiger partial charge >= 0.3 is 0 Å². The van der Waals surface area contributed by atoms with Crippen molar-refractivity contribution in [2.75, 3.05) is 0 Å². The zero-order valence-electron chi connectivity index (χ0n) is 11.2. The monoisotopic (exact) mass is 276 g/mol. The fraction of sp³-hybridized carbons (Fsp3) is 0.200. The van der Waals surface area contributed by atoms with E-state index in [1.165, 1.54) is 18.3 Å². The van der Waals surface area contributed by atoms with E-state index in [9.17, 15) is 13.6 Å². The molecule has 0 unspecified atom stereocenters. The number of nitrogens with one attached hydrogen (secondary N) is 1. The standard InChI is InChI=1S/C15H14F2N2O/c1-15(2,10-6-3-4-7-11(10)16)19-14(20)13-12(17)8-5-9-18-13/h3-9H,1-2H3,(H,19,20). The molecule has 0 aliphatic heterocycles. The fourth-order valence-corrected chi connectivity index (χ4v) is 1.93. The Kier molecular flexibility index (Phi) is 3.79. The lowest BCUT2D eigenvalue weighted by Crippen LogP contribution is -2.42. The molecule has 1 aromatic carbocycles. The first kappa shape index (κ1) is 14.1. The van der Waals surface area contributed by atoms with Gasteiger partial charge < -0.3 is 5.32 Å². The summed E-state index contributed by atoms with van der Waals surface area (Å²) in [4.78, 5) is 15.7. The van der Waals surface area contributed by atoms with Gasteiger partial charge in [0.2, 0.25) is 0 Å². The molecule has 3 nitrogen and oxygen atoms in total. The first-order chi connectivity index (χ1) is 9.42. The minimum atomic E-state index is -0.980. The van der Waals surface area contributed by atoms with Crippen LogP contribution in [0.1, 0.15) is 29.9 Å². The molecular weight excluding hydrogens is 262 g/mol. The van der Waals surface area contributed by atoms with Crippen LogP contribution in [0, 0.1) is 11.6 Å². The Balaban J connectivity index is 2.27. The Hall–Kier alpha value is -2.30. The molecule has 1 heterocycles. The van der Waals surface area contributed by atoms with Crippen molar-refractivity contribution in [3.8, 4) is 0 Å². The van der Waals surface area contributed by atoms with Gasteiger partial charge in [-0.2, -0.15) is 0 Å². The third-order valence-electron chi connectivity index (χ3n) is 2.95. The number of hydrogen-bond acceptors (Lipinski definition) is 2. The lowest BCUT2D eigenvalue weighted by Gasteiger charge is -2.27. The second-order valence-corrected chi connectivity index (χ2v) is 4.89. The number of pyridine rings is 1. The molecule has 0 spiro atoms. The van der Waals surface area contributed by atoms with Gasteiger partial charge in [-0.15, -0.1) is 0 Å². The summed E-state index contributed by atoms with van der Waals surface area (Å²) < 4.78 is 27.3. The number of nitrogens with zero attached hydrogens (tertiary/aromatic N) is 1. The van der Waals surface area contributed by atoms with Gasteiger partial charge in [-0.1, -0.05) is 18.2 Å². The van der Waals surface area contributed by atoms with Gasteiger partial charge in [-0.25, -0.2) is 13.8 Å². The maximum Gasteiger partial charge on any atom is 0.273 e. The number of rotatable bonds is 3. The van der Waals surface area contributed by atoms with Gasteiger partial charge in [-0.05, 0) is 32.0 Å². The van der Waals surface area contributed by atoms with E-state index in [-0.39, 0.29) is 5.69 Å². The molecule has 0 radical (unpaired) electrons. The number of carbonyl (C=O) groups is 1. The minimum absolute atomic E-state index is 0.308. The summed E-state index contributed by atoms with van der Waals surface area (Å²) in [6.45, 7) is 3.29. The molecule has 2 rings (SSSR count). The summed E-state index contributed by atoms with van der Waals surface area (Å²) in [5.41, 5.74) is -0.964. The molecule has 20 heavy (non-hydrogen) atoms. The van der Waals surface area contributed by atoms with Crippen molar-refractivity contribution < 1.29 is 13.6 Å². The van der Waals surface area contributed by atoms with Crippen LogP contribution in [0.4, 0.5) is 8.78 Å². The van der Waals surface area contributed by atoms with Gasteiger partial charge in [0.15, 0.2) is 11.5 Å². The lowest BCUT2D eigenvalue weighted by molar-refractivity contribution is 0.0901. The Morgan fingerprint density at radius 1 is 1.10 bits per heavy atom. The summed E-state index contributed by atoms with van der Waals surface area (Å²) in [6, 6.07) is 8.67. The van der Waals surface area contributed by atoms with Crippen LogP contribution in [0.5, 0.6) is 0 Å². The second-order valence-electron chi connectivity index (χ2n) is 4.89. The Morgan fingerprint density at radius 3 is 2.40 bits per heavy atom. The van der Waals surface area contributed by atoms with Gasteiger partial charge in [0, 0.05) is 11.8 Å². The SMILES string of the molecule is CC(C)(NC(=O)c1ncccc1F)c1ccccc1F. The highest BCUT2D eigenvalue weighted by Gasteiger charge is 2.27. The van der Waals surface area contributed by atoms with Crippen molar-refractivity contribution in [2.24, 2.45) is 0 Å². The largest absolute Gasteiger partial charge is 0.342 e. The molecule has 0 aliphatic carbocycles. The molecule has 0 atom stereocenters. The highest BCUT2D eigenvalue weighted by Crippen LogP contribution is 2.23. The molecule has 104 valence electrons. The topological polar surface area (TPSA) is 42.0 Å². The quantitative estimate of drug-likeness (QED) is 0.936. The number of amides is 1. The van der Waals surface area contributed by atoms with E-state index in [0.29, 0.717) is 5.56 Å². The third kappa shape index (κ3) is 2.82. The van der Waals surface area contributed by atoms with Crippen molar-refractivity contribution in [1.29, 1.82) is 0 Å². The first-order valence-corrected chi connectivity index (χ1v) is 6.10. The highest BCUT2D eigenvalue weighted by molar-refractivity contribution is 5.93. The van der Waals surface area contributed by atoms with Gasteiger partial charge in [-0.3, -0.25) is 4.79 Å². The first-order valence-electron chi connectivity index (χ1n) is 6.10. The Morgan fingerprint density at radius 2 is 1.75 bits per heavy atom. The molecule has 1 N–H and O–H groups in total. The van der Waals surface area contributed by atoms with Gasteiger partial charge in [0.05, 0.1) is 5.54 Å². The molecule has 0 bridgehead atoms. The summed E-state index contributed by atoms with van der Waals surface area (Å²) in [6.07, 6.45) is 1.33. The molecule has 0 aliphatic rings. The Labute approximate surface area is 115 Å². The van der Waals surface area contributed by atoms with Gasteiger partial charge in [0.1, 0.15) is 5.82 Å². The van der Waals surface area contributed by atoms with E-state index in [1.54, 1.807) is 32.0 Å². The average molecular weight is 276 g/mol. The van der Waals surface area contributed by atoms with Crippen LogP contribution in [-0.2, 0) is 5.54 Å². The number of aromatic nitrogens is 1. The summed E-state index contributed by atoms with van der Waals surface area (Å²) >= 11 is 0. The van der Waals surface area contributed by atoms with E-state index in [2.05, 4.69) is 10.3 Å². The fourth-order valence-electron chi connectivity index (χ4n) is 1.93.